The standard InChI is InChI=1S/C10H9BrF3NO4S/c1-5-2-6(9(16)17)3-7(8(5)11)20(18,19)15-4-10(12,13)14/h2-3,15H,4H2,1H3,(H,16,17). The summed E-state index contributed by atoms with van der Waals surface area (Å²) in [7, 11) is -4.48. The van der Waals surface area contributed by atoms with E-state index in [0.717, 1.165) is 6.07 Å². The Hall–Kier alpha value is -1.13. The van der Waals surface area contributed by atoms with E-state index < -0.39 is 33.6 Å². The quantitative estimate of drug-likeness (QED) is 0.845. The van der Waals surface area contributed by atoms with Gasteiger partial charge in [0.2, 0.25) is 10.0 Å². The molecular formula is C10H9BrF3NO4S. The number of rotatable bonds is 4. The molecule has 112 valence electrons. The molecule has 0 saturated carbocycles. The fraction of sp³-hybridized carbons (Fsp3) is 0.300. The Morgan fingerprint density at radius 2 is 1.95 bits per heavy atom. The van der Waals surface area contributed by atoms with Crippen LogP contribution in [-0.2, 0) is 10.0 Å². The minimum absolute atomic E-state index is 0.0113. The highest BCUT2D eigenvalue weighted by Gasteiger charge is 2.31. The van der Waals surface area contributed by atoms with E-state index in [2.05, 4.69) is 15.9 Å². The monoisotopic (exact) mass is 375 g/mol. The van der Waals surface area contributed by atoms with Crippen molar-refractivity contribution >= 4 is 31.9 Å². The lowest BCUT2D eigenvalue weighted by atomic mass is 10.1. The molecule has 0 fully saturated rings. The van der Waals surface area contributed by atoms with E-state index in [1.807, 2.05) is 0 Å². The summed E-state index contributed by atoms with van der Waals surface area (Å²) in [4.78, 5) is 10.3. The molecule has 0 atom stereocenters. The Balaban J connectivity index is 3.27. The summed E-state index contributed by atoms with van der Waals surface area (Å²) in [6.45, 7) is -0.308. The smallest absolute Gasteiger partial charge is 0.402 e. The predicted octanol–water partition coefficient (Wildman–Crippen LogP) is 2.30. The average molecular weight is 376 g/mol. The van der Waals surface area contributed by atoms with E-state index in [9.17, 15) is 26.4 Å². The molecule has 0 radical (unpaired) electrons. The summed E-state index contributed by atoms with van der Waals surface area (Å²) in [5, 5.41) is 8.84. The molecule has 2 N–H and O–H groups in total. The molecule has 0 bridgehead atoms. The van der Waals surface area contributed by atoms with Crippen molar-refractivity contribution in [3.05, 3.63) is 27.7 Å². The molecule has 0 heterocycles. The van der Waals surface area contributed by atoms with Crippen molar-refractivity contribution in [2.24, 2.45) is 0 Å². The van der Waals surface area contributed by atoms with Gasteiger partial charge in [0.25, 0.3) is 0 Å². The third kappa shape index (κ3) is 4.18. The van der Waals surface area contributed by atoms with Crippen molar-refractivity contribution in [2.45, 2.75) is 18.0 Å². The Labute approximate surface area is 121 Å². The molecule has 1 aromatic carbocycles. The van der Waals surface area contributed by atoms with Gasteiger partial charge in [0.15, 0.2) is 0 Å². The molecule has 0 aliphatic rings. The van der Waals surface area contributed by atoms with Crippen LogP contribution in [0.5, 0.6) is 0 Å². The molecule has 0 aliphatic heterocycles. The van der Waals surface area contributed by atoms with E-state index in [1.54, 1.807) is 0 Å². The van der Waals surface area contributed by atoms with Gasteiger partial charge in [0.1, 0.15) is 6.54 Å². The van der Waals surface area contributed by atoms with Gasteiger partial charge < -0.3 is 5.11 Å². The second-order valence-corrected chi connectivity index (χ2v) is 6.38. The topological polar surface area (TPSA) is 83.5 Å². The summed E-state index contributed by atoms with van der Waals surface area (Å²) in [6, 6.07) is 1.99. The van der Waals surface area contributed by atoms with Crippen molar-refractivity contribution in [2.75, 3.05) is 6.54 Å². The highest BCUT2D eigenvalue weighted by Crippen LogP contribution is 2.27. The van der Waals surface area contributed by atoms with Crippen molar-refractivity contribution in [3.63, 3.8) is 0 Å². The Morgan fingerprint density at radius 3 is 2.40 bits per heavy atom. The third-order valence-electron chi connectivity index (χ3n) is 2.22. The van der Waals surface area contributed by atoms with Crippen LogP contribution in [0.4, 0.5) is 13.2 Å². The van der Waals surface area contributed by atoms with Crippen LogP contribution in [0.25, 0.3) is 0 Å². The summed E-state index contributed by atoms with van der Waals surface area (Å²) in [5.74, 6) is -1.38. The zero-order valence-electron chi connectivity index (χ0n) is 9.95. The normalized spacial score (nSPS) is 12.4. The zero-order valence-corrected chi connectivity index (χ0v) is 12.4. The molecule has 0 saturated heterocycles. The van der Waals surface area contributed by atoms with Crippen LogP contribution in [0.2, 0.25) is 0 Å². The number of sulfonamides is 1. The number of carboxylic acid groups (broad SMARTS) is 1. The van der Waals surface area contributed by atoms with E-state index in [4.69, 9.17) is 5.11 Å². The van der Waals surface area contributed by atoms with Gasteiger partial charge in [-0.25, -0.2) is 17.9 Å². The lowest BCUT2D eigenvalue weighted by molar-refractivity contribution is -0.121. The second-order valence-electron chi connectivity index (χ2n) is 3.85. The molecule has 1 aromatic rings. The molecule has 5 nitrogen and oxygen atoms in total. The number of alkyl halides is 3. The maximum atomic E-state index is 12.1. The number of halogens is 4. The average Bonchev–Trinajstić information content (AvgIpc) is 2.28. The lowest BCUT2D eigenvalue weighted by Crippen LogP contribution is -2.34. The van der Waals surface area contributed by atoms with Crippen LogP contribution in [-0.4, -0.2) is 32.2 Å². The van der Waals surface area contributed by atoms with Crippen molar-refractivity contribution < 1.29 is 31.5 Å². The number of hydrogen-bond acceptors (Lipinski definition) is 3. The molecule has 20 heavy (non-hydrogen) atoms. The van der Waals surface area contributed by atoms with Gasteiger partial charge in [-0.3, -0.25) is 0 Å². The number of aryl methyl sites for hydroxylation is 1. The summed E-state index contributed by atoms with van der Waals surface area (Å²) >= 11 is 2.93. The van der Waals surface area contributed by atoms with E-state index in [-0.39, 0.29) is 15.6 Å². The number of aromatic carboxylic acids is 1. The summed E-state index contributed by atoms with van der Waals surface area (Å²) in [5.41, 5.74) is -0.0598. The van der Waals surface area contributed by atoms with Gasteiger partial charge in [0.05, 0.1) is 10.5 Å². The predicted molar refractivity (Wildman–Crippen MR) is 67.1 cm³/mol. The lowest BCUT2D eigenvalue weighted by Gasteiger charge is -2.12. The fourth-order valence-corrected chi connectivity index (χ4v) is 3.37. The third-order valence-corrected chi connectivity index (χ3v) is 4.96. The number of benzene rings is 1. The van der Waals surface area contributed by atoms with Crippen LogP contribution in [0, 0.1) is 6.92 Å². The molecular weight excluding hydrogens is 367 g/mol. The maximum absolute atomic E-state index is 12.1. The first-order valence-electron chi connectivity index (χ1n) is 5.04. The number of carboxylic acids is 1. The summed E-state index contributed by atoms with van der Waals surface area (Å²) in [6.07, 6.45) is -4.71. The van der Waals surface area contributed by atoms with E-state index in [1.165, 1.54) is 17.7 Å². The largest absolute Gasteiger partial charge is 0.478 e. The van der Waals surface area contributed by atoms with Crippen molar-refractivity contribution in [1.29, 1.82) is 0 Å². The molecule has 0 aliphatic carbocycles. The first kappa shape index (κ1) is 16.9. The minimum atomic E-state index is -4.71. The molecule has 0 spiro atoms. The first-order valence-corrected chi connectivity index (χ1v) is 7.31. The maximum Gasteiger partial charge on any atom is 0.402 e. The SMILES string of the molecule is Cc1cc(C(=O)O)cc(S(=O)(=O)NCC(F)(F)F)c1Br. The van der Waals surface area contributed by atoms with Crippen molar-refractivity contribution in [3.8, 4) is 0 Å². The molecule has 10 heteroatoms. The molecule has 0 aromatic heterocycles. The Morgan fingerprint density at radius 1 is 1.40 bits per heavy atom. The number of hydrogen-bond donors (Lipinski definition) is 2. The Kier molecular flexibility index (Phi) is 4.82. The van der Waals surface area contributed by atoms with E-state index >= 15 is 0 Å². The van der Waals surface area contributed by atoms with Gasteiger partial charge in [-0.15, -0.1) is 0 Å². The molecule has 1 rings (SSSR count). The Bertz CT molecular complexity index is 643. The zero-order chi connectivity index (χ0) is 15.7. The first-order chi connectivity index (χ1) is 8.94. The minimum Gasteiger partial charge on any atom is -0.478 e. The van der Waals surface area contributed by atoms with Crippen molar-refractivity contribution in [1.82, 2.24) is 4.72 Å². The van der Waals surface area contributed by atoms with Crippen LogP contribution in [0.3, 0.4) is 0 Å². The van der Waals surface area contributed by atoms with Gasteiger partial charge in [-0.05, 0) is 40.5 Å². The van der Waals surface area contributed by atoms with E-state index in [0.29, 0.717) is 0 Å². The highest BCUT2D eigenvalue weighted by atomic mass is 79.9. The fourth-order valence-electron chi connectivity index (χ4n) is 1.31. The van der Waals surface area contributed by atoms with Gasteiger partial charge >= 0.3 is 12.1 Å². The second kappa shape index (κ2) is 5.70. The van der Waals surface area contributed by atoms with Gasteiger partial charge in [-0.2, -0.15) is 13.2 Å². The molecule has 0 amide bonds. The number of nitrogens with one attached hydrogen (secondary N) is 1. The van der Waals surface area contributed by atoms with Gasteiger partial charge in [-0.1, -0.05) is 0 Å². The van der Waals surface area contributed by atoms with Crippen LogP contribution >= 0.6 is 15.9 Å². The summed E-state index contributed by atoms with van der Waals surface area (Å²) < 4.78 is 61.1. The molecule has 0 unspecified atom stereocenters. The number of carbonyl (C=O) groups is 1. The van der Waals surface area contributed by atoms with Crippen LogP contribution in [0.1, 0.15) is 15.9 Å². The highest BCUT2D eigenvalue weighted by molar-refractivity contribution is 9.10. The van der Waals surface area contributed by atoms with Crippen LogP contribution < -0.4 is 4.72 Å². The van der Waals surface area contributed by atoms with Gasteiger partial charge in [0, 0.05) is 4.47 Å². The van der Waals surface area contributed by atoms with Crippen LogP contribution in [0.15, 0.2) is 21.5 Å².